The van der Waals surface area contributed by atoms with Gasteiger partial charge >= 0.3 is 5.97 Å². The van der Waals surface area contributed by atoms with Gasteiger partial charge in [-0.05, 0) is 38.3 Å². The van der Waals surface area contributed by atoms with E-state index in [1.807, 2.05) is 30.3 Å². The minimum absolute atomic E-state index is 0.226. The summed E-state index contributed by atoms with van der Waals surface area (Å²) in [5.74, 6) is 0.00464. The summed E-state index contributed by atoms with van der Waals surface area (Å²) in [5, 5.41) is 9.37. The zero-order valence-electron chi connectivity index (χ0n) is 10.1. The molecule has 2 rings (SSSR count). The molecule has 1 aliphatic carbocycles. The van der Waals surface area contributed by atoms with E-state index in [4.69, 9.17) is 4.74 Å². The first kappa shape index (κ1) is 12.0. The molecule has 0 heterocycles. The monoisotopic (exact) mass is 234 g/mol. The second-order valence-electron chi connectivity index (χ2n) is 4.89. The fraction of sp³-hybridized carbons (Fsp3) is 0.500. The summed E-state index contributed by atoms with van der Waals surface area (Å²) in [7, 11) is 0. The molecule has 0 radical (unpaired) electrons. The topological polar surface area (TPSA) is 46.5 Å². The van der Waals surface area contributed by atoms with Crippen molar-refractivity contribution < 1.29 is 14.6 Å². The van der Waals surface area contributed by atoms with Crippen LogP contribution in [0.4, 0.5) is 0 Å². The smallest absolute Gasteiger partial charge is 0.313 e. The molecule has 0 bridgehead atoms. The second-order valence-corrected chi connectivity index (χ2v) is 4.89. The van der Waals surface area contributed by atoms with Gasteiger partial charge in [0.05, 0.1) is 0 Å². The van der Waals surface area contributed by atoms with Crippen LogP contribution in [-0.4, -0.2) is 17.2 Å². The Balaban J connectivity index is 2.15. The van der Waals surface area contributed by atoms with Crippen LogP contribution in [0.25, 0.3) is 0 Å². The molecular formula is C14H18O3. The highest BCUT2D eigenvalue weighted by Gasteiger charge is 2.44. The van der Waals surface area contributed by atoms with Gasteiger partial charge < -0.3 is 9.84 Å². The number of aliphatic carboxylic acids is 1. The van der Waals surface area contributed by atoms with Gasteiger partial charge in [0.1, 0.15) is 17.3 Å². The van der Waals surface area contributed by atoms with Crippen LogP contribution < -0.4 is 4.74 Å². The molecule has 0 aromatic heterocycles. The predicted octanol–water partition coefficient (Wildman–Crippen LogP) is 3.10. The quantitative estimate of drug-likeness (QED) is 0.874. The van der Waals surface area contributed by atoms with Gasteiger partial charge in [0.2, 0.25) is 0 Å². The molecule has 2 unspecified atom stereocenters. The van der Waals surface area contributed by atoms with E-state index < -0.39 is 11.4 Å². The second kappa shape index (κ2) is 4.78. The average Bonchev–Trinajstić information content (AvgIpc) is 2.33. The van der Waals surface area contributed by atoms with Crippen molar-refractivity contribution in [3.05, 3.63) is 30.3 Å². The molecule has 1 saturated carbocycles. The van der Waals surface area contributed by atoms with Crippen molar-refractivity contribution in [2.75, 3.05) is 0 Å². The number of carbonyl (C=O) groups is 1. The van der Waals surface area contributed by atoms with Crippen LogP contribution in [-0.2, 0) is 4.79 Å². The average molecular weight is 234 g/mol. The summed E-state index contributed by atoms with van der Waals surface area (Å²) in [4.78, 5) is 11.4. The van der Waals surface area contributed by atoms with Gasteiger partial charge in [0, 0.05) is 0 Å². The van der Waals surface area contributed by atoms with E-state index in [1.54, 1.807) is 6.92 Å². The summed E-state index contributed by atoms with van der Waals surface area (Å²) in [6, 6.07) is 9.46. The highest BCUT2D eigenvalue weighted by atomic mass is 16.5. The van der Waals surface area contributed by atoms with Crippen LogP contribution in [0.5, 0.6) is 5.75 Å². The number of hydrogen-bond donors (Lipinski definition) is 1. The zero-order valence-corrected chi connectivity index (χ0v) is 10.1. The SMILES string of the molecule is CC1(C(=O)O)CCCCC1Oc1ccccc1. The van der Waals surface area contributed by atoms with Crippen LogP contribution in [0, 0.1) is 5.41 Å². The predicted molar refractivity (Wildman–Crippen MR) is 65.1 cm³/mol. The molecule has 1 fully saturated rings. The maximum absolute atomic E-state index is 11.4. The molecule has 1 aromatic rings. The van der Waals surface area contributed by atoms with E-state index >= 15 is 0 Å². The van der Waals surface area contributed by atoms with Crippen molar-refractivity contribution in [3.8, 4) is 5.75 Å². The molecule has 2 atom stereocenters. The van der Waals surface area contributed by atoms with E-state index in [1.165, 1.54) is 0 Å². The van der Waals surface area contributed by atoms with Crippen LogP contribution in [0.2, 0.25) is 0 Å². The number of rotatable bonds is 3. The maximum Gasteiger partial charge on any atom is 0.313 e. The van der Waals surface area contributed by atoms with Crippen molar-refractivity contribution in [1.29, 1.82) is 0 Å². The zero-order chi connectivity index (χ0) is 12.3. The maximum atomic E-state index is 11.4. The first-order chi connectivity index (χ1) is 8.13. The number of ether oxygens (including phenoxy) is 1. The molecule has 0 spiro atoms. The number of para-hydroxylation sites is 1. The van der Waals surface area contributed by atoms with Crippen molar-refractivity contribution in [2.24, 2.45) is 5.41 Å². The van der Waals surface area contributed by atoms with Gasteiger partial charge in [-0.2, -0.15) is 0 Å². The summed E-state index contributed by atoms with van der Waals surface area (Å²) in [5.41, 5.74) is -0.756. The molecule has 0 saturated heterocycles. The van der Waals surface area contributed by atoms with Crippen molar-refractivity contribution >= 4 is 5.97 Å². The molecule has 0 aliphatic heterocycles. The standard InChI is InChI=1S/C14H18O3/c1-14(13(15)16)10-6-5-9-12(14)17-11-7-3-2-4-8-11/h2-4,7-8,12H,5-6,9-10H2,1H3,(H,15,16). The van der Waals surface area contributed by atoms with Gasteiger partial charge in [-0.3, -0.25) is 4.79 Å². The Bertz CT molecular complexity index is 388. The summed E-state index contributed by atoms with van der Waals surface area (Å²) < 4.78 is 5.85. The van der Waals surface area contributed by atoms with Crippen LogP contribution in [0.1, 0.15) is 32.6 Å². The number of benzene rings is 1. The lowest BCUT2D eigenvalue weighted by atomic mass is 9.73. The largest absolute Gasteiger partial charge is 0.489 e. The number of carboxylic acid groups (broad SMARTS) is 1. The van der Waals surface area contributed by atoms with E-state index in [-0.39, 0.29) is 6.10 Å². The lowest BCUT2D eigenvalue weighted by molar-refractivity contribution is -0.156. The highest BCUT2D eigenvalue weighted by Crippen LogP contribution is 2.38. The van der Waals surface area contributed by atoms with Crippen LogP contribution >= 0.6 is 0 Å². The minimum Gasteiger partial charge on any atom is -0.489 e. The normalized spacial score (nSPS) is 28.6. The van der Waals surface area contributed by atoms with Crippen molar-refractivity contribution in [1.82, 2.24) is 0 Å². The van der Waals surface area contributed by atoms with Gasteiger partial charge in [-0.1, -0.05) is 24.6 Å². The van der Waals surface area contributed by atoms with Gasteiger partial charge in [0.15, 0.2) is 0 Å². The lowest BCUT2D eigenvalue weighted by Gasteiger charge is -2.37. The van der Waals surface area contributed by atoms with E-state index in [2.05, 4.69) is 0 Å². The number of carboxylic acids is 1. The van der Waals surface area contributed by atoms with E-state index in [0.717, 1.165) is 25.0 Å². The van der Waals surface area contributed by atoms with Gasteiger partial charge in [0.25, 0.3) is 0 Å². The Labute approximate surface area is 101 Å². The molecule has 3 heteroatoms. The Morgan fingerprint density at radius 3 is 2.71 bits per heavy atom. The molecule has 92 valence electrons. The molecule has 1 N–H and O–H groups in total. The summed E-state index contributed by atoms with van der Waals surface area (Å²) >= 11 is 0. The van der Waals surface area contributed by atoms with Crippen LogP contribution in [0.3, 0.4) is 0 Å². The Kier molecular flexibility index (Phi) is 3.36. The van der Waals surface area contributed by atoms with Crippen molar-refractivity contribution in [3.63, 3.8) is 0 Å². The molecular weight excluding hydrogens is 216 g/mol. The number of hydrogen-bond acceptors (Lipinski definition) is 2. The molecule has 17 heavy (non-hydrogen) atoms. The molecule has 1 aromatic carbocycles. The molecule has 1 aliphatic rings. The van der Waals surface area contributed by atoms with Gasteiger partial charge in [-0.25, -0.2) is 0 Å². The Morgan fingerprint density at radius 1 is 1.35 bits per heavy atom. The molecule has 0 amide bonds. The first-order valence-electron chi connectivity index (χ1n) is 6.08. The van der Waals surface area contributed by atoms with E-state index in [9.17, 15) is 9.90 Å². The van der Waals surface area contributed by atoms with Gasteiger partial charge in [-0.15, -0.1) is 0 Å². The fourth-order valence-electron chi connectivity index (χ4n) is 2.40. The fourth-order valence-corrected chi connectivity index (χ4v) is 2.40. The van der Waals surface area contributed by atoms with E-state index in [0.29, 0.717) is 6.42 Å². The van der Waals surface area contributed by atoms with Crippen LogP contribution in [0.15, 0.2) is 30.3 Å². The summed E-state index contributed by atoms with van der Waals surface area (Å²) in [6.07, 6.45) is 3.30. The van der Waals surface area contributed by atoms with Crippen molar-refractivity contribution in [2.45, 2.75) is 38.7 Å². The third-order valence-electron chi connectivity index (χ3n) is 3.63. The summed E-state index contributed by atoms with van der Waals surface area (Å²) in [6.45, 7) is 1.79. The highest BCUT2D eigenvalue weighted by molar-refractivity contribution is 5.75. The Morgan fingerprint density at radius 2 is 2.06 bits per heavy atom. The lowest BCUT2D eigenvalue weighted by Crippen LogP contribution is -2.45. The minimum atomic E-state index is -0.756. The third-order valence-corrected chi connectivity index (χ3v) is 3.63. The molecule has 3 nitrogen and oxygen atoms in total. The first-order valence-corrected chi connectivity index (χ1v) is 6.08. The third kappa shape index (κ3) is 2.43. The Hall–Kier alpha value is -1.51.